The Hall–Kier alpha value is -4.59. The molecule has 1 fully saturated rings. The first-order valence-electron chi connectivity index (χ1n) is 15.7. The third kappa shape index (κ3) is 4.53. The number of ether oxygens (including phenoxy) is 5. The maximum atomic E-state index is 14.7. The van der Waals surface area contributed by atoms with E-state index in [-0.39, 0.29) is 22.5 Å². The summed E-state index contributed by atoms with van der Waals surface area (Å²) in [7, 11) is 4.60. The van der Waals surface area contributed by atoms with Crippen LogP contribution >= 0.6 is 0 Å². The molecule has 8 unspecified atom stereocenters. The summed E-state index contributed by atoms with van der Waals surface area (Å²) in [5.74, 6) is -7.81. The predicted octanol–water partition coefficient (Wildman–Crippen LogP) is -1.38. The molecule has 0 saturated carbocycles. The number of methoxy groups -OCH3 is 4. The number of rotatable bonds is 6. The Bertz CT molecular complexity index is 1970. The van der Waals surface area contributed by atoms with E-state index in [0.717, 1.165) is 26.4 Å². The van der Waals surface area contributed by atoms with E-state index < -0.39 is 128 Å². The first-order chi connectivity index (χ1) is 24.0. The van der Waals surface area contributed by atoms with Crippen LogP contribution in [0.3, 0.4) is 0 Å². The van der Waals surface area contributed by atoms with Gasteiger partial charge in [0.15, 0.2) is 23.2 Å². The van der Waals surface area contributed by atoms with E-state index in [4.69, 9.17) is 23.7 Å². The van der Waals surface area contributed by atoms with E-state index in [9.17, 15) is 49.5 Å². The van der Waals surface area contributed by atoms with Crippen LogP contribution < -0.4 is 11.1 Å². The number of hydrogen-bond acceptors (Lipinski definition) is 16. The molecule has 0 spiro atoms. The van der Waals surface area contributed by atoms with Crippen molar-refractivity contribution in [2.45, 2.75) is 68.2 Å². The topological polar surface area (TPSA) is 272 Å². The number of carbonyl (C=O) groups excluding carboxylic acids is 5. The number of aliphatic hydroxyl groups is 3. The van der Waals surface area contributed by atoms with Crippen molar-refractivity contribution in [2.24, 2.45) is 0 Å². The number of fused-ring (bicyclic) bond motifs is 5. The average Bonchev–Trinajstić information content (AvgIpc) is 3.08. The molecule has 2 aromatic carbocycles. The molecular weight excluding hydrogens is 676 g/mol. The number of nitrogens with one attached hydrogen (secondary N) is 1. The third-order valence-corrected chi connectivity index (χ3v) is 10.5. The van der Waals surface area contributed by atoms with E-state index in [1.54, 1.807) is 6.92 Å². The molecule has 3 aliphatic carbocycles. The molecule has 0 aromatic heterocycles. The second-order valence-corrected chi connectivity index (χ2v) is 12.8. The molecule has 6 rings (SSSR count). The van der Waals surface area contributed by atoms with Crippen LogP contribution in [0.5, 0.6) is 11.5 Å². The second kappa shape index (κ2) is 12.3. The summed E-state index contributed by atoms with van der Waals surface area (Å²) in [5, 5.41) is 60.6. The maximum Gasteiger partial charge on any atom is 0.342 e. The Morgan fingerprint density at radius 2 is 1.63 bits per heavy atom. The maximum absolute atomic E-state index is 14.7. The van der Waals surface area contributed by atoms with Gasteiger partial charge in [0.05, 0.1) is 36.1 Å². The van der Waals surface area contributed by atoms with Crippen LogP contribution in [0, 0.1) is 6.92 Å². The highest BCUT2D eigenvalue weighted by Crippen LogP contribution is 2.57. The molecule has 0 radical (unpaired) electrons. The van der Waals surface area contributed by atoms with Gasteiger partial charge in [-0.15, -0.1) is 0 Å². The molecule has 0 bridgehead atoms. The van der Waals surface area contributed by atoms with Crippen LogP contribution in [0.15, 0.2) is 17.8 Å². The van der Waals surface area contributed by atoms with E-state index in [1.807, 2.05) is 0 Å². The third-order valence-electron chi connectivity index (χ3n) is 10.5. The quantitative estimate of drug-likeness (QED) is 0.170. The lowest BCUT2D eigenvalue weighted by atomic mass is 9.56. The van der Waals surface area contributed by atoms with Crippen molar-refractivity contribution in [1.29, 1.82) is 0 Å². The summed E-state index contributed by atoms with van der Waals surface area (Å²) in [6.45, 7) is 3.03. The van der Waals surface area contributed by atoms with Gasteiger partial charge in [-0.3, -0.25) is 19.2 Å². The van der Waals surface area contributed by atoms with Gasteiger partial charge in [-0.2, -0.15) is 0 Å². The van der Waals surface area contributed by atoms with E-state index in [0.29, 0.717) is 0 Å². The van der Waals surface area contributed by atoms with Crippen molar-refractivity contribution in [3.05, 3.63) is 62.3 Å². The lowest BCUT2D eigenvalue weighted by molar-refractivity contribution is -0.258. The van der Waals surface area contributed by atoms with Crippen molar-refractivity contribution in [3.63, 3.8) is 0 Å². The summed E-state index contributed by atoms with van der Waals surface area (Å²) in [6.07, 6.45) is -6.69. The number of benzene rings is 2. The minimum absolute atomic E-state index is 0.0388. The molecular formula is C34H37N2O15+. The van der Waals surface area contributed by atoms with Crippen molar-refractivity contribution in [3.8, 4) is 11.5 Å². The second-order valence-electron chi connectivity index (χ2n) is 12.8. The Morgan fingerprint density at radius 3 is 2.22 bits per heavy atom. The molecule has 1 saturated heterocycles. The number of esters is 1. The van der Waals surface area contributed by atoms with E-state index in [1.165, 1.54) is 21.1 Å². The lowest BCUT2D eigenvalue weighted by Crippen LogP contribution is -2.73. The van der Waals surface area contributed by atoms with Crippen LogP contribution in [-0.2, 0) is 35.7 Å². The number of Topliss-reactive ketones (excluding diaryl/α,β-unsaturated/α-hetero) is 3. The zero-order chi connectivity index (χ0) is 37.6. The number of aromatic hydroxyl groups is 2. The predicted molar refractivity (Wildman–Crippen MR) is 169 cm³/mol. The van der Waals surface area contributed by atoms with Gasteiger partial charge in [0.25, 0.3) is 0 Å². The SMILES string of the molecule is COC(=O)c1c(C)c([NH3+])c2c(c1O)C1(O)C(=O)c3cc4c(c(O)c3C(=O)C1(OC)C(O)C2)C(=O)C=C(NC1OC(C)C(OC)C(O)C1OC)C4=O. The number of quaternary nitrogens is 1. The molecule has 4 aliphatic rings. The van der Waals surface area contributed by atoms with Crippen LogP contribution in [0.4, 0.5) is 5.69 Å². The van der Waals surface area contributed by atoms with Crippen molar-refractivity contribution in [1.82, 2.24) is 5.32 Å². The Morgan fingerprint density at radius 1 is 0.980 bits per heavy atom. The van der Waals surface area contributed by atoms with Crippen LogP contribution in [0.1, 0.15) is 75.4 Å². The number of hydrogen-bond donors (Lipinski definition) is 7. The lowest BCUT2D eigenvalue weighted by Gasteiger charge is -2.52. The zero-order valence-electron chi connectivity index (χ0n) is 28.4. The number of phenols is 2. The standard InChI is InChI=1S/C34H36N2O15/c1-10-18(32(45)49-5)25(41)21-14(22(10)35)8-17(38)34(50-6)30(44)20-13(29(43)33(21,34)46)7-12-19(24(20)40)16(37)9-15(23(12)39)36-31-28(48-4)26(42)27(47-3)11(2)51-31/h7,9,11,17,26-28,31,36,38,40-42,46H,8,35H2,1-6H3/p+1. The van der Waals surface area contributed by atoms with Crippen LogP contribution in [-0.4, -0.2) is 125 Å². The smallest absolute Gasteiger partial charge is 0.342 e. The Kier molecular flexibility index (Phi) is 8.72. The van der Waals surface area contributed by atoms with Gasteiger partial charge < -0.3 is 60.3 Å². The number of phenolic OH excluding ortho intramolecular Hbond substituents is 2. The largest absolute Gasteiger partial charge is 0.507 e. The van der Waals surface area contributed by atoms with Gasteiger partial charge in [0, 0.05) is 61.6 Å². The minimum atomic E-state index is -3.28. The van der Waals surface area contributed by atoms with Gasteiger partial charge in [-0.05, 0) is 19.9 Å². The highest BCUT2D eigenvalue weighted by atomic mass is 16.6. The van der Waals surface area contributed by atoms with Crippen molar-refractivity contribution >= 4 is 34.8 Å². The summed E-state index contributed by atoms with van der Waals surface area (Å²) >= 11 is 0. The zero-order valence-corrected chi connectivity index (χ0v) is 28.4. The fraction of sp³-hybridized carbons (Fsp3) is 0.441. The van der Waals surface area contributed by atoms with E-state index in [2.05, 4.69) is 11.1 Å². The van der Waals surface area contributed by atoms with Crippen molar-refractivity contribution < 1.29 is 78.9 Å². The van der Waals surface area contributed by atoms with E-state index >= 15 is 0 Å². The average molecular weight is 714 g/mol. The number of ketones is 4. The molecule has 1 heterocycles. The first-order valence-corrected chi connectivity index (χ1v) is 15.7. The molecule has 17 heteroatoms. The molecule has 1 aliphatic heterocycles. The molecule has 2 aromatic rings. The molecule has 51 heavy (non-hydrogen) atoms. The van der Waals surface area contributed by atoms with Crippen molar-refractivity contribution in [2.75, 3.05) is 28.4 Å². The molecule has 0 amide bonds. The summed E-state index contributed by atoms with van der Waals surface area (Å²) < 4.78 is 26.9. The molecule has 272 valence electrons. The molecule has 17 nitrogen and oxygen atoms in total. The van der Waals surface area contributed by atoms with Gasteiger partial charge in [0.1, 0.15) is 41.1 Å². The minimum Gasteiger partial charge on any atom is -0.507 e. The Balaban J connectivity index is 1.53. The van der Waals surface area contributed by atoms with Crippen LogP contribution in [0.25, 0.3) is 0 Å². The van der Waals surface area contributed by atoms with Gasteiger partial charge in [-0.1, -0.05) is 0 Å². The number of aliphatic hydroxyl groups excluding tert-OH is 2. The fourth-order valence-corrected chi connectivity index (χ4v) is 7.98. The van der Waals surface area contributed by atoms with Crippen LogP contribution in [0.2, 0.25) is 0 Å². The summed E-state index contributed by atoms with van der Waals surface area (Å²) in [5.41, 5.74) is -6.55. The van der Waals surface area contributed by atoms with Gasteiger partial charge in [0.2, 0.25) is 17.3 Å². The Labute approximate surface area is 289 Å². The first kappa shape index (κ1) is 36.2. The normalized spacial score (nSPS) is 31.3. The number of carbonyl (C=O) groups is 5. The summed E-state index contributed by atoms with van der Waals surface area (Å²) in [6, 6.07) is 0.837. The van der Waals surface area contributed by atoms with Gasteiger partial charge in [-0.25, -0.2) is 4.79 Å². The highest BCUT2D eigenvalue weighted by molar-refractivity contribution is 6.31. The number of allylic oxidation sites excluding steroid dienone is 2. The van der Waals surface area contributed by atoms with Gasteiger partial charge >= 0.3 is 5.97 Å². The monoisotopic (exact) mass is 713 g/mol. The molecule has 9 N–H and O–H groups in total. The highest BCUT2D eigenvalue weighted by Gasteiger charge is 2.73. The summed E-state index contributed by atoms with van der Waals surface area (Å²) in [4.78, 5) is 69.5. The molecule has 8 atom stereocenters. The fourth-order valence-electron chi connectivity index (χ4n) is 7.98.